The summed E-state index contributed by atoms with van der Waals surface area (Å²) in [4.78, 5) is 12.0. The number of rotatable bonds is 6. The average molecular weight is 226 g/mol. The van der Waals surface area contributed by atoms with E-state index in [1.54, 1.807) is 0 Å². The third kappa shape index (κ3) is 4.12. The molecule has 16 heavy (non-hydrogen) atoms. The predicted molar refractivity (Wildman–Crippen MR) is 67.3 cm³/mol. The van der Waals surface area contributed by atoms with Gasteiger partial charge in [-0.25, -0.2) is 0 Å². The first kappa shape index (κ1) is 13.5. The topological polar surface area (TPSA) is 41.1 Å². The lowest BCUT2D eigenvalue weighted by Gasteiger charge is -2.21. The largest absolute Gasteiger partial charge is 0.352 e. The standard InChI is InChI=1S/C13H26N2O/c1-4-10(2)9-12(14-3)13(16)15-11-7-5-6-8-11/h10-12,14H,4-9H2,1-3H3,(H,15,16). The van der Waals surface area contributed by atoms with Gasteiger partial charge in [-0.3, -0.25) is 4.79 Å². The minimum Gasteiger partial charge on any atom is -0.352 e. The van der Waals surface area contributed by atoms with Crippen LogP contribution in [-0.4, -0.2) is 25.0 Å². The normalized spacial score (nSPS) is 20.7. The summed E-state index contributed by atoms with van der Waals surface area (Å²) < 4.78 is 0. The molecule has 0 aromatic carbocycles. The maximum absolute atomic E-state index is 12.0. The number of carbonyl (C=O) groups is 1. The first-order valence-electron chi connectivity index (χ1n) is 6.65. The fraction of sp³-hybridized carbons (Fsp3) is 0.923. The van der Waals surface area contributed by atoms with E-state index in [-0.39, 0.29) is 11.9 Å². The number of hydrogen-bond acceptors (Lipinski definition) is 2. The second kappa shape index (κ2) is 6.89. The lowest BCUT2D eigenvalue weighted by Crippen LogP contribution is -2.46. The highest BCUT2D eigenvalue weighted by atomic mass is 16.2. The van der Waals surface area contributed by atoms with Gasteiger partial charge in [-0.05, 0) is 32.2 Å². The molecule has 1 fully saturated rings. The van der Waals surface area contributed by atoms with Gasteiger partial charge < -0.3 is 10.6 Å². The number of amides is 1. The second-order valence-corrected chi connectivity index (χ2v) is 5.08. The van der Waals surface area contributed by atoms with Crippen molar-refractivity contribution >= 4 is 5.91 Å². The molecule has 1 aliphatic carbocycles. The molecule has 0 aromatic rings. The van der Waals surface area contributed by atoms with Crippen LogP contribution in [0.5, 0.6) is 0 Å². The molecule has 94 valence electrons. The van der Waals surface area contributed by atoms with Gasteiger partial charge >= 0.3 is 0 Å². The number of carbonyl (C=O) groups excluding carboxylic acids is 1. The molecule has 2 unspecified atom stereocenters. The lowest BCUT2D eigenvalue weighted by atomic mass is 9.98. The molecule has 3 nitrogen and oxygen atoms in total. The van der Waals surface area contributed by atoms with Crippen molar-refractivity contribution in [1.82, 2.24) is 10.6 Å². The highest BCUT2D eigenvalue weighted by Crippen LogP contribution is 2.18. The minimum absolute atomic E-state index is 0.0180. The average Bonchev–Trinajstić information content (AvgIpc) is 2.77. The minimum atomic E-state index is -0.0180. The van der Waals surface area contributed by atoms with E-state index in [1.807, 2.05) is 7.05 Å². The van der Waals surface area contributed by atoms with Crippen molar-refractivity contribution < 1.29 is 4.79 Å². The Kier molecular flexibility index (Phi) is 5.81. The molecule has 0 heterocycles. The van der Waals surface area contributed by atoms with Crippen molar-refractivity contribution in [1.29, 1.82) is 0 Å². The first-order chi connectivity index (χ1) is 7.67. The summed E-state index contributed by atoms with van der Waals surface area (Å²) in [6, 6.07) is 0.413. The number of likely N-dealkylation sites (N-methyl/N-ethyl adjacent to an activating group) is 1. The summed E-state index contributed by atoms with van der Waals surface area (Å²) >= 11 is 0. The van der Waals surface area contributed by atoms with Crippen LogP contribution >= 0.6 is 0 Å². The maximum atomic E-state index is 12.0. The number of nitrogens with one attached hydrogen (secondary N) is 2. The van der Waals surface area contributed by atoms with Gasteiger partial charge in [0.1, 0.15) is 0 Å². The Hall–Kier alpha value is -0.570. The van der Waals surface area contributed by atoms with Crippen LogP contribution in [0.1, 0.15) is 52.4 Å². The molecule has 2 N–H and O–H groups in total. The van der Waals surface area contributed by atoms with Crippen molar-refractivity contribution in [2.24, 2.45) is 5.92 Å². The monoisotopic (exact) mass is 226 g/mol. The van der Waals surface area contributed by atoms with E-state index in [0.29, 0.717) is 12.0 Å². The molecular weight excluding hydrogens is 200 g/mol. The van der Waals surface area contributed by atoms with E-state index in [2.05, 4.69) is 24.5 Å². The van der Waals surface area contributed by atoms with Crippen molar-refractivity contribution in [3.8, 4) is 0 Å². The summed E-state index contributed by atoms with van der Waals surface area (Å²) in [5, 5.41) is 6.29. The van der Waals surface area contributed by atoms with Crippen LogP contribution in [0.25, 0.3) is 0 Å². The molecule has 0 aliphatic heterocycles. The molecule has 1 saturated carbocycles. The van der Waals surface area contributed by atoms with Gasteiger partial charge in [-0.2, -0.15) is 0 Å². The number of hydrogen-bond donors (Lipinski definition) is 2. The van der Waals surface area contributed by atoms with E-state index in [0.717, 1.165) is 25.7 Å². The molecule has 1 rings (SSSR count). The van der Waals surface area contributed by atoms with Gasteiger partial charge in [-0.15, -0.1) is 0 Å². The summed E-state index contributed by atoms with van der Waals surface area (Å²) in [5.74, 6) is 0.793. The van der Waals surface area contributed by atoms with Crippen LogP contribution in [0.2, 0.25) is 0 Å². The van der Waals surface area contributed by atoms with Crippen molar-refractivity contribution in [3.05, 3.63) is 0 Å². The van der Waals surface area contributed by atoms with Crippen LogP contribution in [0.4, 0.5) is 0 Å². The van der Waals surface area contributed by atoms with Gasteiger partial charge in [0.05, 0.1) is 6.04 Å². The van der Waals surface area contributed by atoms with E-state index >= 15 is 0 Å². The first-order valence-corrected chi connectivity index (χ1v) is 6.65. The van der Waals surface area contributed by atoms with Crippen LogP contribution in [0.15, 0.2) is 0 Å². The van der Waals surface area contributed by atoms with Crippen molar-refractivity contribution in [2.45, 2.75) is 64.5 Å². The SMILES string of the molecule is CCC(C)CC(NC)C(=O)NC1CCCC1. The predicted octanol–water partition coefficient (Wildman–Crippen LogP) is 2.07. The van der Waals surface area contributed by atoms with Crippen LogP contribution < -0.4 is 10.6 Å². The zero-order chi connectivity index (χ0) is 12.0. The van der Waals surface area contributed by atoms with E-state index < -0.39 is 0 Å². The Morgan fingerprint density at radius 3 is 2.50 bits per heavy atom. The van der Waals surface area contributed by atoms with E-state index in [4.69, 9.17) is 0 Å². The summed E-state index contributed by atoms with van der Waals surface area (Å²) in [5.41, 5.74) is 0. The Bertz CT molecular complexity index is 212. The van der Waals surface area contributed by atoms with Gasteiger partial charge in [0.15, 0.2) is 0 Å². The van der Waals surface area contributed by atoms with Gasteiger partial charge in [0.2, 0.25) is 5.91 Å². The van der Waals surface area contributed by atoms with Crippen molar-refractivity contribution in [2.75, 3.05) is 7.05 Å². The molecule has 0 saturated heterocycles. The Balaban J connectivity index is 2.35. The quantitative estimate of drug-likeness (QED) is 0.728. The molecule has 1 amide bonds. The van der Waals surface area contributed by atoms with Crippen LogP contribution in [0, 0.1) is 5.92 Å². The highest BCUT2D eigenvalue weighted by Gasteiger charge is 2.23. The molecule has 0 spiro atoms. The summed E-state index contributed by atoms with van der Waals surface area (Å²) in [6.07, 6.45) is 6.92. The smallest absolute Gasteiger partial charge is 0.237 e. The van der Waals surface area contributed by atoms with E-state index in [1.165, 1.54) is 12.8 Å². The molecule has 0 bridgehead atoms. The fourth-order valence-electron chi connectivity index (χ4n) is 2.30. The Morgan fingerprint density at radius 2 is 2.00 bits per heavy atom. The molecule has 2 atom stereocenters. The van der Waals surface area contributed by atoms with Gasteiger partial charge in [0, 0.05) is 6.04 Å². The van der Waals surface area contributed by atoms with Crippen LogP contribution in [-0.2, 0) is 4.79 Å². The highest BCUT2D eigenvalue weighted by molar-refractivity contribution is 5.82. The molecule has 3 heteroatoms. The molecular formula is C13H26N2O. The Labute approximate surface area is 99.4 Å². The summed E-state index contributed by atoms with van der Waals surface area (Å²) in [6.45, 7) is 4.37. The zero-order valence-electron chi connectivity index (χ0n) is 10.9. The van der Waals surface area contributed by atoms with Gasteiger partial charge in [-0.1, -0.05) is 33.1 Å². The third-order valence-corrected chi connectivity index (χ3v) is 3.70. The molecule has 0 aromatic heterocycles. The third-order valence-electron chi connectivity index (χ3n) is 3.70. The van der Waals surface area contributed by atoms with Gasteiger partial charge in [0.25, 0.3) is 0 Å². The fourth-order valence-corrected chi connectivity index (χ4v) is 2.30. The second-order valence-electron chi connectivity index (χ2n) is 5.08. The van der Waals surface area contributed by atoms with Crippen molar-refractivity contribution in [3.63, 3.8) is 0 Å². The zero-order valence-corrected chi connectivity index (χ0v) is 10.9. The molecule has 0 radical (unpaired) electrons. The maximum Gasteiger partial charge on any atom is 0.237 e. The van der Waals surface area contributed by atoms with E-state index in [9.17, 15) is 4.79 Å². The summed E-state index contributed by atoms with van der Waals surface area (Å²) in [7, 11) is 1.88. The Morgan fingerprint density at radius 1 is 1.38 bits per heavy atom. The van der Waals surface area contributed by atoms with Crippen LogP contribution in [0.3, 0.4) is 0 Å². The molecule has 1 aliphatic rings. The lowest BCUT2D eigenvalue weighted by molar-refractivity contribution is -0.124.